The number of halogens is 1. The van der Waals surface area contributed by atoms with Crippen LogP contribution in [0.25, 0.3) is 22.2 Å². The van der Waals surface area contributed by atoms with Crippen molar-refractivity contribution in [3.63, 3.8) is 0 Å². The van der Waals surface area contributed by atoms with E-state index in [1.165, 1.54) is 4.57 Å². The summed E-state index contributed by atoms with van der Waals surface area (Å²) in [5, 5.41) is 3.43. The normalized spacial score (nSPS) is 10.9. The number of hydrogen-bond donors (Lipinski definition) is 1. The second-order valence-electron chi connectivity index (χ2n) is 6.34. The van der Waals surface area contributed by atoms with Crippen LogP contribution < -0.4 is 11.1 Å². The zero-order chi connectivity index (χ0) is 19.5. The molecule has 1 aromatic heterocycles. The number of carbonyl (C=O) groups is 1. The van der Waals surface area contributed by atoms with Crippen LogP contribution in [0.1, 0.15) is 6.42 Å². The van der Waals surface area contributed by atoms with Crippen molar-refractivity contribution in [2.24, 2.45) is 0 Å². The molecule has 0 aliphatic rings. The lowest BCUT2D eigenvalue weighted by Gasteiger charge is -2.11. The molecular weight excluding hydrogens is 376 g/mol. The topological polar surface area (TPSA) is 64.2 Å². The lowest BCUT2D eigenvalue weighted by Crippen LogP contribution is -2.20. The number of aromatic nitrogens is 1. The molecule has 5 nitrogen and oxygen atoms in total. The van der Waals surface area contributed by atoms with Crippen molar-refractivity contribution in [2.45, 2.75) is 13.0 Å². The van der Waals surface area contributed by atoms with Crippen LogP contribution in [-0.4, -0.2) is 10.5 Å². The Kier molecular flexibility index (Phi) is 5.00. The molecule has 1 N–H and O–H groups in total. The first-order valence-corrected chi connectivity index (χ1v) is 9.23. The van der Waals surface area contributed by atoms with Crippen LogP contribution in [0.3, 0.4) is 0 Å². The van der Waals surface area contributed by atoms with Crippen molar-refractivity contribution < 1.29 is 9.21 Å². The second-order valence-corrected chi connectivity index (χ2v) is 6.78. The molecule has 28 heavy (non-hydrogen) atoms. The van der Waals surface area contributed by atoms with Crippen molar-refractivity contribution in [1.29, 1.82) is 0 Å². The first-order valence-electron chi connectivity index (χ1n) is 8.85. The molecule has 0 bridgehead atoms. The molecule has 0 saturated carbocycles. The molecule has 1 amide bonds. The summed E-state index contributed by atoms with van der Waals surface area (Å²) in [6.45, 7) is 0.215. The maximum atomic E-state index is 12.5. The lowest BCUT2D eigenvalue weighted by molar-refractivity contribution is -0.116. The largest absolute Gasteiger partial charge is 0.419 e. The molecule has 0 atom stereocenters. The summed E-state index contributed by atoms with van der Waals surface area (Å²) in [6.07, 6.45) is 0.139. The minimum absolute atomic E-state index is 0.139. The van der Waals surface area contributed by atoms with Crippen molar-refractivity contribution >= 4 is 34.3 Å². The smallest absolute Gasteiger partial charge is 0.408 e. The minimum atomic E-state index is -0.505. The molecule has 3 aromatic carbocycles. The fourth-order valence-corrected chi connectivity index (χ4v) is 3.30. The number of rotatable bonds is 5. The molecule has 0 spiro atoms. The van der Waals surface area contributed by atoms with Crippen LogP contribution in [-0.2, 0) is 11.3 Å². The number of carbonyl (C=O) groups excluding carboxylic acids is 1. The van der Waals surface area contributed by atoms with Gasteiger partial charge in [-0.1, -0.05) is 60.1 Å². The maximum absolute atomic E-state index is 12.5. The highest BCUT2D eigenvalue weighted by molar-refractivity contribution is 6.31. The molecule has 0 aliphatic heterocycles. The van der Waals surface area contributed by atoms with Gasteiger partial charge in [0.1, 0.15) is 0 Å². The SMILES string of the molecule is O=C(CCn1c(=O)oc2cc(Cl)ccc21)Nc1ccccc1-c1ccccc1. The third kappa shape index (κ3) is 3.70. The van der Waals surface area contributed by atoms with E-state index >= 15 is 0 Å². The number of nitrogens with one attached hydrogen (secondary N) is 1. The summed E-state index contributed by atoms with van der Waals surface area (Å²) in [5.41, 5.74) is 3.72. The van der Waals surface area contributed by atoms with Crippen LogP contribution in [0.15, 0.2) is 82.0 Å². The van der Waals surface area contributed by atoms with Gasteiger partial charge in [0.2, 0.25) is 5.91 Å². The van der Waals surface area contributed by atoms with Crippen LogP contribution in [0.5, 0.6) is 0 Å². The van der Waals surface area contributed by atoms with Gasteiger partial charge in [0.25, 0.3) is 0 Å². The standard InChI is InChI=1S/C22H17ClN2O3/c23-16-10-11-19-20(14-16)28-22(27)25(19)13-12-21(26)24-18-9-5-4-8-17(18)15-6-2-1-3-7-15/h1-11,14H,12-13H2,(H,24,26). The van der Waals surface area contributed by atoms with E-state index < -0.39 is 5.76 Å². The summed E-state index contributed by atoms with van der Waals surface area (Å²) in [7, 11) is 0. The fraction of sp³-hybridized carbons (Fsp3) is 0.0909. The number of fused-ring (bicyclic) bond motifs is 1. The van der Waals surface area contributed by atoms with E-state index in [0.717, 1.165) is 16.8 Å². The van der Waals surface area contributed by atoms with Gasteiger partial charge in [0.05, 0.1) is 5.52 Å². The molecule has 140 valence electrons. The number of amides is 1. The molecule has 4 rings (SSSR count). The predicted molar refractivity (Wildman–Crippen MR) is 111 cm³/mol. The van der Waals surface area contributed by atoms with Gasteiger partial charge in [0.15, 0.2) is 5.58 Å². The van der Waals surface area contributed by atoms with Gasteiger partial charge in [-0.15, -0.1) is 0 Å². The average Bonchev–Trinajstić information content (AvgIpc) is 3.01. The predicted octanol–water partition coefficient (Wildman–Crippen LogP) is 4.94. The number of para-hydroxylation sites is 1. The average molecular weight is 393 g/mol. The zero-order valence-corrected chi connectivity index (χ0v) is 15.6. The van der Waals surface area contributed by atoms with Gasteiger partial charge in [-0.05, 0) is 23.8 Å². The van der Waals surface area contributed by atoms with Crippen molar-refractivity contribution in [3.8, 4) is 11.1 Å². The zero-order valence-electron chi connectivity index (χ0n) is 14.9. The van der Waals surface area contributed by atoms with Crippen LogP contribution in [0.2, 0.25) is 5.02 Å². The van der Waals surface area contributed by atoms with E-state index in [2.05, 4.69) is 5.32 Å². The molecule has 0 aliphatic carbocycles. The van der Waals surface area contributed by atoms with Crippen LogP contribution in [0.4, 0.5) is 5.69 Å². The van der Waals surface area contributed by atoms with E-state index in [1.54, 1.807) is 18.2 Å². The van der Waals surface area contributed by atoms with E-state index in [9.17, 15) is 9.59 Å². The third-order valence-corrected chi connectivity index (χ3v) is 4.71. The van der Waals surface area contributed by atoms with E-state index in [4.69, 9.17) is 16.0 Å². The number of nitrogens with zero attached hydrogens (tertiary/aromatic N) is 1. The monoisotopic (exact) mass is 392 g/mol. The number of oxazole rings is 1. The Bertz CT molecular complexity index is 1200. The Hall–Kier alpha value is -3.31. The molecule has 0 unspecified atom stereocenters. The maximum Gasteiger partial charge on any atom is 0.419 e. The Morgan fingerprint density at radius 1 is 1.00 bits per heavy atom. The van der Waals surface area contributed by atoms with Crippen LogP contribution >= 0.6 is 11.6 Å². The Labute approximate surface area is 166 Å². The summed E-state index contributed by atoms with van der Waals surface area (Å²) in [6, 6.07) is 22.5. The summed E-state index contributed by atoms with van der Waals surface area (Å²) in [4.78, 5) is 24.6. The van der Waals surface area contributed by atoms with Crippen LogP contribution in [0, 0.1) is 0 Å². The highest BCUT2D eigenvalue weighted by Crippen LogP contribution is 2.27. The highest BCUT2D eigenvalue weighted by Gasteiger charge is 2.13. The van der Waals surface area contributed by atoms with Gasteiger partial charge in [-0.3, -0.25) is 9.36 Å². The molecular formula is C22H17ClN2O3. The third-order valence-electron chi connectivity index (χ3n) is 4.48. The van der Waals surface area contributed by atoms with Crippen molar-refractivity contribution in [2.75, 3.05) is 5.32 Å². The number of hydrogen-bond acceptors (Lipinski definition) is 3. The second kappa shape index (κ2) is 7.74. The summed E-state index contributed by atoms with van der Waals surface area (Å²) >= 11 is 5.93. The van der Waals surface area contributed by atoms with E-state index in [1.807, 2.05) is 54.6 Å². The minimum Gasteiger partial charge on any atom is -0.408 e. The summed E-state index contributed by atoms with van der Waals surface area (Å²) in [5.74, 6) is -0.687. The van der Waals surface area contributed by atoms with Gasteiger partial charge in [-0.25, -0.2) is 4.79 Å². The molecule has 1 heterocycles. The summed E-state index contributed by atoms with van der Waals surface area (Å²) < 4.78 is 6.64. The molecule has 0 saturated heterocycles. The van der Waals surface area contributed by atoms with Crippen molar-refractivity contribution in [3.05, 3.63) is 88.4 Å². The van der Waals surface area contributed by atoms with Gasteiger partial charge < -0.3 is 9.73 Å². The first-order chi connectivity index (χ1) is 13.6. The quantitative estimate of drug-likeness (QED) is 0.523. The highest BCUT2D eigenvalue weighted by atomic mass is 35.5. The molecule has 4 aromatic rings. The number of aryl methyl sites for hydroxylation is 1. The Morgan fingerprint density at radius 2 is 1.75 bits per heavy atom. The lowest BCUT2D eigenvalue weighted by atomic mass is 10.0. The van der Waals surface area contributed by atoms with E-state index in [0.29, 0.717) is 16.1 Å². The first kappa shape index (κ1) is 18.1. The Balaban J connectivity index is 1.51. The molecule has 6 heteroatoms. The van der Waals surface area contributed by atoms with Gasteiger partial charge in [0, 0.05) is 35.3 Å². The van der Waals surface area contributed by atoms with Gasteiger partial charge >= 0.3 is 5.76 Å². The number of benzene rings is 3. The number of anilines is 1. The van der Waals surface area contributed by atoms with Gasteiger partial charge in [-0.2, -0.15) is 0 Å². The Morgan fingerprint density at radius 3 is 2.57 bits per heavy atom. The van der Waals surface area contributed by atoms with E-state index in [-0.39, 0.29) is 18.9 Å². The molecule has 0 radical (unpaired) electrons. The van der Waals surface area contributed by atoms with Crippen molar-refractivity contribution in [1.82, 2.24) is 4.57 Å². The molecule has 0 fully saturated rings. The fourth-order valence-electron chi connectivity index (χ4n) is 3.14.